The van der Waals surface area contributed by atoms with Gasteiger partial charge < -0.3 is 49.3 Å². The number of nitrogens with zero attached hydrogens (tertiary/aromatic N) is 1. The number of carbonyl (C=O) groups is 2. The molecule has 0 aliphatic carbocycles. The number of amides is 2. The third kappa shape index (κ3) is 23.1. The number of benzene rings is 1. The number of ether oxygens (including phenoxy) is 6. The van der Waals surface area contributed by atoms with Gasteiger partial charge in [0.05, 0.1) is 79.3 Å². The Balaban J connectivity index is 1.78. The Morgan fingerprint density at radius 1 is 0.727 bits per heavy atom. The summed E-state index contributed by atoms with van der Waals surface area (Å²) in [4.78, 5) is 25.3. The number of halogens is 1. The highest BCUT2D eigenvalue weighted by atomic mass is 35.5. The van der Waals surface area contributed by atoms with Crippen LogP contribution in [0.25, 0.3) is 0 Å². The van der Waals surface area contributed by atoms with E-state index in [1.807, 2.05) is 7.05 Å². The first kappa shape index (κ1) is 39.7. The number of hydrogen-bond donors (Lipinski definition) is 3. The Hall–Kier alpha value is -2.29. The number of alkyl halides is 1. The summed E-state index contributed by atoms with van der Waals surface area (Å²) in [6, 6.07) is 8.43. The van der Waals surface area contributed by atoms with Crippen LogP contribution in [0.15, 0.2) is 36.4 Å². The summed E-state index contributed by atoms with van der Waals surface area (Å²) in [6.45, 7) is 13.9. The van der Waals surface area contributed by atoms with Crippen LogP contribution >= 0.6 is 11.6 Å². The van der Waals surface area contributed by atoms with Gasteiger partial charge in [-0.3, -0.25) is 9.59 Å². The molecule has 0 radical (unpaired) electrons. The van der Waals surface area contributed by atoms with Crippen molar-refractivity contribution in [3.8, 4) is 0 Å². The lowest BCUT2D eigenvalue weighted by Crippen LogP contribution is -2.28. The zero-order valence-electron chi connectivity index (χ0n) is 26.5. The smallest absolute Gasteiger partial charge is 0.246 e. The van der Waals surface area contributed by atoms with Gasteiger partial charge >= 0.3 is 0 Å². The van der Waals surface area contributed by atoms with E-state index in [1.54, 1.807) is 6.92 Å². The van der Waals surface area contributed by atoms with Crippen molar-refractivity contribution in [2.24, 2.45) is 0 Å². The van der Waals surface area contributed by atoms with Crippen LogP contribution in [0.3, 0.4) is 0 Å². The fourth-order valence-electron chi connectivity index (χ4n) is 3.49. The Morgan fingerprint density at radius 2 is 1.20 bits per heavy atom. The molecule has 44 heavy (non-hydrogen) atoms. The van der Waals surface area contributed by atoms with Gasteiger partial charge in [-0.1, -0.05) is 18.7 Å². The zero-order valence-corrected chi connectivity index (χ0v) is 27.3. The number of nitrogens with one attached hydrogen (secondary N) is 3. The van der Waals surface area contributed by atoms with Crippen LogP contribution in [0.5, 0.6) is 0 Å². The van der Waals surface area contributed by atoms with Crippen molar-refractivity contribution in [2.45, 2.75) is 19.9 Å². The number of carbonyl (C=O) groups excluding carboxylic acids is 2. The summed E-state index contributed by atoms with van der Waals surface area (Å²) in [5.74, 6) is 0.355. The lowest BCUT2D eigenvalue weighted by Gasteiger charge is -2.18. The second-order valence-electron chi connectivity index (χ2n) is 9.76. The van der Waals surface area contributed by atoms with Crippen LogP contribution in [0.1, 0.15) is 18.9 Å². The van der Waals surface area contributed by atoms with Gasteiger partial charge in [-0.05, 0) is 24.6 Å². The second kappa shape index (κ2) is 28.2. The van der Waals surface area contributed by atoms with Crippen molar-refractivity contribution < 1.29 is 38.0 Å². The molecule has 13 heteroatoms. The number of rotatable bonds is 30. The molecule has 0 aliphatic rings. The monoisotopic (exact) mass is 644 g/mol. The molecule has 0 saturated heterocycles. The Bertz CT molecular complexity index is 879. The van der Waals surface area contributed by atoms with E-state index in [0.29, 0.717) is 104 Å². The minimum Gasteiger partial charge on any atom is -0.379 e. The third-order valence-corrected chi connectivity index (χ3v) is 6.17. The van der Waals surface area contributed by atoms with Gasteiger partial charge in [0.2, 0.25) is 11.8 Å². The third-order valence-electron chi connectivity index (χ3n) is 6.00. The molecule has 252 valence electrons. The molecular weight excluding hydrogens is 592 g/mol. The van der Waals surface area contributed by atoms with Crippen LogP contribution < -0.4 is 20.9 Å². The maximum atomic E-state index is 11.9. The van der Waals surface area contributed by atoms with E-state index < -0.39 is 0 Å². The maximum Gasteiger partial charge on any atom is 0.246 e. The lowest BCUT2D eigenvalue weighted by molar-refractivity contribution is -0.122. The molecule has 0 aromatic heterocycles. The quantitative estimate of drug-likeness (QED) is 0.0647. The van der Waals surface area contributed by atoms with Gasteiger partial charge in [0.25, 0.3) is 0 Å². The topological polar surface area (TPSA) is 129 Å². The average Bonchev–Trinajstić information content (AvgIpc) is 3.01. The first-order chi connectivity index (χ1) is 21.4. The van der Waals surface area contributed by atoms with E-state index in [0.717, 1.165) is 25.3 Å². The van der Waals surface area contributed by atoms with Crippen LogP contribution in [0.2, 0.25) is 0 Å². The van der Waals surface area contributed by atoms with E-state index >= 15 is 0 Å². The summed E-state index contributed by atoms with van der Waals surface area (Å²) in [7, 11) is 2.03. The first-order valence-corrected chi connectivity index (χ1v) is 15.7. The molecule has 0 saturated carbocycles. The fourth-order valence-corrected chi connectivity index (χ4v) is 3.74. The Labute approximate surface area is 268 Å². The Kier molecular flexibility index (Phi) is 25.5. The lowest BCUT2D eigenvalue weighted by atomic mass is 10.2. The van der Waals surface area contributed by atoms with Crippen LogP contribution in [0.4, 0.5) is 5.69 Å². The molecule has 0 spiro atoms. The van der Waals surface area contributed by atoms with E-state index in [4.69, 9.17) is 40.0 Å². The standard InChI is InChI=1S/C31H53ClN4O8/c1-27(2)31(38)35-12-17-42-21-23-44-25-24-43-22-18-39-14-8-30(37)34-11-16-41-20-19-40-15-10-33-26-28-4-6-29(7-5-28)36(3)13-9-32/h4-7,33H,1,8-26H2,2-3H3,(H,34,37)(H,35,38). The van der Waals surface area contributed by atoms with Crippen molar-refractivity contribution in [1.29, 1.82) is 0 Å². The van der Waals surface area contributed by atoms with Crippen molar-refractivity contribution in [1.82, 2.24) is 16.0 Å². The molecule has 1 aromatic rings. The first-order valence-electron chi connectivity index (χ1n) is 15.2. The molecule has 1 aromatic carbocycles. The summed E-state index contributed by atoms with van der Waals surface area (Å²) < 4.78 is 32.7. The predicted octanol–water partition coefficient (Wildman–Crippen LogP) is 1.75. The van der Waals surface area contributed by atoms with Crippen LogP contribution in [-0.4, -0.2) is 130 Å². The predicted molar refractivity (Wildman–Crippen MR) is 173 cm³/mol. The highest BCUT2D eigenvalue weighted by molar-refractivity contribution is 6.18. The van der Waals surface area contributed by atoms with Crippen molar-refractivity contribution in [3.05, 3.63) is 42.0 Å². The normalized spacial score (nSPS) is 11.0. The highest BCUT2D eigenvalue weighted by Crippen LogP contribution is 2.13. The molecule has 12 nitrogen and oxygen atoms in total. The van der Waals surface area contributed by atoms with Crippen molar-refractivity contribution >= 4 is 29.1 Å². The SMILES string of the molecule is C=C(C)C(=O)NCCOCCOCCOCCOCCC(=O)NCCOCCOCCNCc1ccc(N(C)CCCl)cc1. The van der Waals surface area contributed by atoms with Gasteiger partial charge in [-0.2, -0.15) is 0 Å². The van der Waals surface area contributed by atoms with Gasteiger partial charge in [-0.25, -0.2) is 0 Å². The summed E-state index contributed by atoms with van der Waals surface area (Å²) in [5.41, 5.74) is 2.85. The summed E-state index contributed by atoms with van der Waals surface area (Å²) in [6.07, 6.45) is 0.283. The summed E-state index contributed by atoms with van der Waals surface area (Å²) in [5, 5.41) is 8.86. The minimum atomic E-state index is -0.171. The average molecular weight is 645 g/mol. The van der Waals surface area contributed by atoms with E-state index in [1.165, 1.54) is 5.56 Å². The van der Waals surface area contributed by atoms with Crippen molar-refractivity contribution in [3.63, 3.8) is 0 Å². The molecule has 0 aliphatic heterocycles. The maximum absolute atomic E-state index is 11.9. The van der Waals surface area contributed by atoms with Crippen LogP contribution in [0, 0.1) is 0 Å². The molecule has 0 unspecified atom stereocenters. The molecule has 0 atom stereocenters. The van der Waals surface area contributed by atoms with Crippen molar-refractivity contribution in [2.75, 3.05) is 123 Å². The molecule has 3 N–H and O–H groups in total. The molecule has 1 rings (SSSR count). The van der Waals surface area contributed by atoms with Crippen LogP contribution in [-0.2, 0) is 44.6 Å². The van der Waals surface area contributed by atoms with Gasteiger partial charge in [-0.15, -0.1) is 11.6 Å². The number of hydrogen-bond acceptors (Lipinski definition) is 10. The van der Waals surface area contributed by atoms with E-state index in [9.17, 15) is 9.59 Å². The van der Waals surface area contributed by atoms with Gasteiger partial charge in [0.1, 0.15) is 0 Å². The van der Waals surface area contributed by atoms with E-state index in [-0.39, 0.29) is 18.2 Å². The molecule has 0 fully saturated rings. The molecular formula is C31H53ClN4O8. The largest absolute Gasteiger partial charge is 0.379 e. The molecule has 2 amide bonds. The molecule has 0 heterocycles. The van der Waals surface area contributed by atoms with E-state index in [2.05, 4.69) is 51.7 Å². The van der Waals surface area contributed by atoms with Gasteiger partial charge in [0.15, 0.2) is 0 Å². The second-order valence-corrected chi connectivity index (χ2v) is 10.1. The highest BCUT2D eigenvalue weighted by Gasteiger charge is 2.03. The minimum absolute atomic E-state index is 0.0809. The van der Waals surface area contributed by atoms with Gasteiger partial charge in [0, 0.05) is 63.3 Å². The fraction of sp³-hybridized carbons (Fsp3) is 0.677. The zero-order chi connectivity index (χ0) is 32.1. The molecule has 0 bridgehead atoms. The Morgan fingerprint density at radius 3 is 1.73 bits per heavy atom. The summed E-state index contributed by atoms with van der Waals surface area (Å²) >= 11 is 5.80. The number of anilines is 1.